The van der Waals surface area contributed by atoms with Crippen LogP contribution in [0.3, 0.4) is 0 Å². The lowest BCUT2D eigenvalue weighted by Gasteiger charge is -2.22. The SMILES string of the molecule is c1c[nH]c(-c2ccc3[nH]cc(C4CCNCC4)c3c2)n1. The van der Waals surface area contributed by atoms with E-state index in [2.05, 4.69) is 44.7 Å². The number of nitrogens with zero attached hydrogens (tertiary/aromatic N) is 1. The van der Waals surface area contributed by atoms with Crippen molar-refractivity contribution in [2.75, 3.05) is 13.1 Å². The van der Waals surface area contributed by atoms with Crippen LogP contribution in [0.4, 0.5) is 0 Å². The molecule has 4 rings (SSSR count). The predicted octanol–water partition coefficient (Wildman–Crippen LogP) is 3.03. The van der Waals surface area contributed by atoms with E-state index < -0.39 is 0 Å². The molecule has 2 aromatic heterocycles. The molecule has 3 heterocycles. The third kappa shape index (κ3) is 1.93. The Balaban J connectivity index is 1.79. The van der Waals surface area contributed by atoms with Gasteiger partial charge in [0.2, 0.25) is 0 Å². The van der Waals surface area contributed by atoms with Gasteiger partial charge in [0.05, 0.1) is 0 Å². The first-order valence-corrected chi connectivity index (χ1v) is 7.23. The summed E-state index contributed by atoms with van der Waals surface area (Å²) in [5, 5.41) is 4.77. The lowest BCUT2D eigenvalue weighted by Crippen LogP contribution is -2.26. The summed E-state index contributed by atoms with van der Waals surface area (Å²) < 4.78 is 0. The molecule has 3 N–H and O–H groups in total. The number of benzene rings is 1. The van der Waals surface area contributed by atoms with E-state index in [0.29, 0.717) is 5.92 Å². The van der Waals surface area contributed by atoms with Gasteiger partial charge in [-0.25, -0.2) is 4.98 Å². The molecule has 0 aliphatic carbocycles. The van der Waals surface area contributed by atoms with Crippen LogP contribution < -0.4 is 5.32 Å². The number of imidazole rings is 1. The standard InChI is InChI=1S/C16H18N4/c1-2-15-13(9-12(1)16-18-7-8-19-16)14(10-20-15)11-3-5-17-6-4-11/h1-2,7-11,17,20H,3-6H2,(H,18,19). The topological polar surface area (TPSA) is 56.5 Å². The molecule has 3 aromatic rings. The Morgan fingerprint density at radius 1 is 1.10 bits per heavy atom. The van der Waals surface area contributed by atoms with Crippen LogP contribution in [0, 0.1) is 0 Å². The molecular formula is C16H18N4. The molecule has 0 saturated carbocycles. The van der Waals surface area contributed by atoms with Crippen LogP contribution in [0.5, 0.6) is 0 Å². The third-order valence-corrected chi connectivity index (χ3v) is 4.26. The first-order valence-electron chi connectivity index (χ1n) is 7.23. The van der Waals surface area contributed by atoms with Crippen molar-refractivity contribution in [3.05, 3.63) is 42.4 Å². The number of piperidine rings is 1. The minimum absolute atomic E-state index is 0.664. The molecule has 4 nitrogen and oxygen atoms in total. The molecule has 0 unspecified atom stereocenters. The van der Waals surface area contributed by atoms with Crippen molar-refractivity contribution < 1.29 is 0 Å². The normalized spacial score (nSPS) is 16.8. The molecule has 0 amide bonds. The van der Waals surface area contributed by atoms with Gasteiger partial charge in [0.1, 0.15) is 5.82 Å². The Morgan fingerprint density at radius 2 is 2.00 bits per heavy atom. The van der Waals surface area contributed by atoms with Crippen molar-refractivity contribution >= 4 is 10.9 Å². The lowest BCUT2D eigenvalue weighted by molar-refractivity contribution is 0.462. The first kappa shape index (κ1) is 11.7. The zero-order valence-electron chi connectivity index (χ0n) is 11.3. The Morgan fingerprint density at radius 3 is 2.80 bits per heavy atom. The maximum Gasteiger partial charge on any atom is 0.137 e. The van der Waals surface area contributed by atoms with Gasteiger partial charge in [0.25, 0.3) is 0 Å². The molecule has 20 heavy (non-hydrogen) atoms. The molecular weight excluding hydrogens is 248 g/mol. The van der Waals surface area contributed by atoms with Gasteiger partial charge in [-0.05, 0) is 55.6 Å². The second kappa shape index (κ2) is 4.80. The number of H-pyrrole nitrogens is 2. The molecule has 1 aliphatic rings. The van der Waals surface area contributed by atoms with Gasteiger partial charge in [-0.3, -0.25) is 0 Å². The average molecular weight is 266 g/mol. The molecule has 0 spiro atoms. The van der Waals surface area contributed by atoms with Crippen molar-refractivity contribution in [3.63, 3.8) is 0 Å². The highest BCUT2D eigenvalue weighted by atomic mass is 14.9. The Kier molecular flexibility index (Phi) is 2.81. The minimum Gasteiger partial charge on any atom is -0.361 e. The van der Waals surface area contributed by atoms with Crippen molar-refractivity contribution in [1.82, 2.24) is 20.3 Å². The van der Waals surface area contributed by atoms with Crippen LogP contribution in [0.1, 0.15) is 24.3 Å². The van der Waals surface area contributed by atoms with E-state index in [1.54, 1.807) is 6.20 Å². The highest BCUT2D eigenvalue weighted by Crippen LogP contribution is 2.33. The number of rotatable bonds is 2. The summed E-state index contributed by atoms with van der Waals surface area (Å²) in [5.41, 5.74) is 3.82. The highest BCUT2D eigenvalue weighted by molar-refractivity contribution is 5.87. The van der Waals surface area contributed by atoms with Crippen LogP contribution in [0.15, 0.2) is 36.8 Å². The zero-order valence-corrected chi connectivity index (χ0v) is 11.3. The van der Waals surface area contributed by atoms with E-state index in [1.165, 1.54) is 29.3 Å². The second-order valence-corrected chi connectivity index (χ2v) is 5.47. The van der Waals surface area contributed by atoms with Gasteiger partial charge in [0, 0.05) is 35.1 Å². The smallest absolute Gasteiger partial charge is 0.137 e. The number of aromatic nitrogens is 3. The maximum absolute atomic E-state index is 4.34. The van der Waals surface area contributed by atoms with Crippen LogP contribution in [-0.2, 0) is 0 Å². The van der Waals surface area contributed by atoms with Crippen LogP contribution >= 0.6 is 0 Å². The molecule has 1 saturated heterocycles. The summed E-state index contributed by atoms with van der Waals surface area (Å²) >= 11 is 0. The van der Waals surface area contributed by atoms with Crippen LogP contribution in [0.2, 0.25) is 0 Å². The largest absolute Gasteiger partial charge is 0.361 e. The van der Waals surface area contributed by atoms with Gasteiger partial charge >= 0.3 is 0 Å². The number of hydrogen-bond donors (Lipinski definition) is 3. The summed E-state index contributed by atoms with van der Waals surface area (Å²) in [7, 11) is 0. The Bertz CT molecular complexity index is 705. The van der Waals surface area contributed by atoms with E-state index in [9.17, 15) is 0 Å². The number of fused-ring (bicyclic) bond motifs is 1. The highest BCUT2D eigenvalue weighted by Gasteiger charge is 2.18. The molecule has 4 heteroatoms. The summed E-state index contributed by atoms with van der Waals surface area (Å²) in [6, 6.07) is 6.52. The third-order valence-electron chi connectivity index (χ3n) is 4.26. The van der Waals surface area contributed by atoms with Crippen LogP contribution in [0.25, 0.3) is 22.3 Å². The summed E-state index contributed by atoms with van der Waals surface area (Å²) in [4.78, 5) is 10.9. The Labute approximate surface area is 117 Å². The maximum atomic E-state index is 4.34. The van der Waals surface area contributed by atoms with Gasteiger partial charge < -0.3 is 15.3 Å². The van der Waals surface area contributed by atoms with Crippen LogP contribution in [-0.4, -0.2) is 28.0 Å². The molecule has 0 atom stereocenters. The predicted molar refractivity (Wildman–Crippen MR) is 80.7 cm³/mol. The zero-order chi connectivity index (χ0) is 13.4. The van der Waals surface area contributed by atoms with Gasteiger partial charge in [0.15, 0.2) is 0 Å². The fourth-order valence-electron chi connectivity index (χ4n) is 3.18. The number of hydrogen-bond acceptors (Lipinski definition) is 2. The number of nitrogens with one attached hydrogen (secondary N) is 3. The lowest BCUT2D eigenvalue weighted by atomic mass is 9.89. The first-order chi connectivity index (χ1) is 9.92. The number of aromatic amines is 2. The second-order valence-electron chi connectivity index (χ2n) is 5.47. The van der Waals surface area contributed by atoms with E-state index in [-0.39, 0.29) is 0 Å². The van der Waals surface area contributed by atoms with Gasteiger partial charge in [-0.2, -0.15) is 0 Å². The molecule has 1 aromatic carbocycles. The fourth-order valence-corrected chi connectivity index (χ4v) is 3.18. The van der Waals surface area contributed by atoms with E-state index in [1.807, 2.05) is 6.20 Å². The van der Waals surface area contributed by atoms with Gasteiger partial charge in [-0.1, -0.05) is 0 Å². The average Bonchev–Trinajstić information content (AvgIpc) is 3.17. The van der Waals surface area contributed by atoms with E-state index >= 15 is 0 Å². The molecule has 1 aliphatic heterocycles. The summed E-state index contributed by atoms with van der Waals surface area (Å²) in [6.07, 6.45) is 8.29. The quantitative estimate of drug-likeness (QED) is 0.668. The monoisotopic (exact) mass is 266 g/mol. The van der Waals surface area contributed by atoms with Crippen molar-refractivity contribution in [3.8, 4) is 11.4 Å². The van der Waals surface area contributed by atoms with Crippen molar-refractivity contribution in [1.29, 1.82) is 0 Å². The van der Waals surface area contributed by atoms with Crippen molar-refractivity contribution in [2.24, 2.45) is 0 Å². The molecule has 0 radical (unpaired) electrons. The fraction of sp³-hybridized carbons (Fsp3) is 0.312. The van der Waals surface area contributed by atoms with Crippen molar-refractivity contribution in [2.45, 2.75) is 18.8 Å². The Hall–Kier alpha value is -2.07. The molecule has 0 bridgehead atoms. The molecule has 1 fully saturated rings. The van der Waals surface area contributed by atoms with Gasteiger partial charge in [-0.15, -0.1) is 0 Å². The van der Waals surface area contributed by atoms with E-state index in [0.717, 1.165) is 24.5 Å². The summed E-state index contributed by atoms with van der Waals surface area (Å²) in [6.45, 7) is 2.24. The summed E-state index contributed by atoms with van der Waals surface area (Å²) in [5.74, 6) is 1.60. The van der Waals surface area contributed by atoms with E-state index in [4.69, 9.17) is 0 Å². The minimum atomic E-state index is 0.664. The molecule has 102 valence electrons.